The molecule has 1 saturated heterocycles. The number of rotatable bonds is 5. The van der Waals surface area contributed by atoms with Crippen LogP contribution in [0.15, 0.2) is 30.3 Å². The first kappa shape index (κ1) is 24.2. The molecule has 0 radical (unpaired) electrons. The number of benzene rings is 2. The average molecular weight is 554 g/mol. The van der Waals surface area contributed by atoms with Crippen molar-refractivity contribution in [1.29, 1.82) is 5.26 Å². The minimum atomic E-state index is -0.568. The van der Waals surface area contributed by atoms with Gasteiger partial charge in [-0.1, -0.05) is 6.07 Å². The zero-order chi connectivity index (χ0) is 23.5. The zero-order valence-corrected chi connectivity index (χ0v) is 20.4. The van der Waals surface area contributed by atoms with E-state index in [1.165, 1.54) is 18.2 Å². The summed E-state index contributed by atoms with van der Waals surface area (Å²) in [6.07, 6.45) is 0.428. The third kappa shape index (κ3) is 6.31. The van der Waals surface area contributed by atoms with Gasteiger partial charge in [0, 0.05) is 35.1 Å². The summed E-state index contributed by atoms with van der Waals surface area (Å²) in [7, 11) is 0. The predicted octanol–water partition coefficient (Wildman–Crippen LogP) is 5.67. The Balaban J connectivity index is 1.70. The van der Waals surface area contributed by atoms with Crippen LogP contribution in [0.2, 0.25) is 0 Å². The molecule has 3 rings (SSSR count). The third-order valence-electron chi connectivity index (χ3n) is 5.07. The summed E-state index contributed by atoms with van der Waals surface area (Å²) >= 11 is 2.01. The lowest BCUT2D eigenvalue weighted by atomic mass is 9.99. The van der Waals surface area contributed by atoms with Gasteiger partial charge in [0.2, 0.25) is 0 Å². The van der Waals surface area contributed by atoms with Crippen LogP contribution in [-0.4, -0.2) is 36.3 Å². The minimum Gasteiger partial charge on any atom is -0.492 e. The molecular formula is C24H25F2IN2O3. The summed E-state index contributed by atoms with van der Waals surface area (Å²) in [5.41, 5.74) is 0.361. The van der Waals surface area contributed by atoms with E-state index in [1.807, 2.05) is 43.4 Å². The number of hydrogen-bond acceptors (Lipinski definition) is 4. The first-order valence-electron chi connectivity index (χ1n) is 10.3. The average Bonchev–Trinajstić information content (AvgIpc) is 3.16. The Morgan fingerprint density at radius 2 is 2.00 bits per heavy atom. The first-order valence-corrected chi connectivity index (χ1v) is 11.4. The molecule has 1 fully saturated rings. The number of carbonyl (C=O) groups excluding carboxylic acids is 1. The highest BCUT2D eigenvalue weighted by Gasteiger charge is 2.30. The van der Waals surface area contributed by atoms with Gasteiger partial charge in [0.25, 0.3) is 0 Å². The van der Waals surface area contributed by atoms with Crippen molar-refractivity contribution < 1.29 is 23.0 Å². The molecular weight excluding hydrogens is 529 g/mol. The molecule has 1 aliphatic heterocycles. The van der Waals surface area contributed by atoms with Crippen molar-refractivity contribution in [2.75, 3.05) is 19.7 Å². The smallest absolute Gasteiger partial charge is 0.410 e. The van der Waals surface area contributed by atoms with Crippen LogP contribution in [0.25, 0.3) is 0 Å². The molecule has 8 heteroatoms. The number of hydrogen-bond donors (Lipinski definition) is 0. The highest BCUT2D eigenvalue weighted by atomic mass is 127. The molecule has 0 unspecified atom stereocenters. The SMILES string of the molecule is CC(C)(C)OC(=O)N1CC[C@H](COc2cc(F)cc(Cc3ccc(I)cc3F)c2C#N)C1. The molecule has 1 atom stereocenters. The minimum absolute atomic E-state index is 0.0365. The van der Waals surface area contributed by atoms with Crippen LogP contribution in [-0.2, 0) is 11.2 Å². The van der Waals surface area contributed by atoms with Crippen molar-refractivity contribution in [3.8, 4) is 11.8 Å². The molecule has 0 N–H and O–H groups in total. The van der Waals surface area contributed by atoms with E-state index < -0.39 is 17.2 Å². The Labute approximate surface area is 200 Å². The number of carbonyl (C=O) groups is 1. The predicted molar refractivity (Wildman–Crippen MR) is 124 cm³/mol. The number of amides is 1. The molecule has 0 spiro atoms. The van der Waals surface area contributed by atoms with Gasteiger partial charge in [-0.05, 0) is 79.1 Å². The quantitative estimate of drug-likeness (QED) is 0.448. The Morgan fingerprint density at radius 3 is 2.66 bits per heavy atom. The largest absolute Gasteiger partial charge is 0.492 e. The molecule has 2 aromatic rings. The maximum Gasteiger partial charge on any atom is 0.410 e. The van der Waals surface area contributed by atoms with Crippen LogP contribution in [0, 0.1) is 32.5 Å². The summed E-state index contributed by atoms with van der Waals surface area (Å²) in [5, 5.41) is 9.68. The second-order valence-corrected chi connectivity index (χ2v) is 10.1. The molecule has 2 aromatic carbocycles. The van der Waals surface area contributed by atoms with E-state index in [0.29, 0.717) is 24.2 Å². The van der Waals surface area contributed by atoms with Gasteiger partial charge in [0.15, 0.2) is 0 Å². The van der Waals surface area contributed by atoms with Gasteiger partial charge >= 0.3 is 6.09 Å². The van der Waals surface area contributed by atoms with Gasteiger partial charge in [0.1, 0.15) is 29.1 Å². The summed E-state index contributed by atoms with van der Waals surface area (Å²) in [6, 6.07) is 9.28. The maximum atomic E-state index is 14.3. The number of nitrogens with zero attached hydrogens (tertiary/aromatic N) is 2. The standard InChI is InChI=1S/C24H25F2IN2O3/c1-24(2,3)32-23(30)29-7-6-15(13-29)14-31-22-10-18(25)9-17(20(22)12-28)8-16-4-5-19(27)11-21(16)26/h4-5,9-11,15H,6-8,13-14H2,1-3H3/t15-/m0/s1. The van der Waals surface area contributed by atoms with E-state index in [0.717, 1.165) is 9.99 Å². The fraction of sp³-hybridized carbons (Fsp3) is 0.417. The first-order chi connectivity index (χ1) is 15.1. The molecule has 0 saturated carbocycles. The van der Waals surface area contributed by atoms with Crippen LogP contribution in [0.5, 0.6) is 5.75 Å². The summed E-state index contributed by atoms with van der Waals surface area (Å²) in [6.45, 7) is 6.69. The van der Waals surface area contributed by atoms with Gasteiger partial charge < -0.3 is 14.4 Å². The summed E-state index contributed by atoms with van der Waals surface area (Å²) in [5.74, 6) is -0.791. The van der Waals surface area contributed by atoms with Crippen LogP contribution in [0.1, 0.15) is 43.9 Å². The number of ether oxygens (including phenoxy) is 2. The lowest BCUT2D eigenvalue weighted by molar-refractivity contribution is 0.0285. The van der Waals surface area contributed by atoms with Crippen LogP contribution in [0.3, 0.4) is 0 Å². The lowest BCUT2D eigenvalue weighted by Crippen LogP contribution is -2.35. The highest BCUT2D eigenvalue weighted by Crippen LogP contribution is 2.28. The van der Waals surface area contributed by atoms with E-state index in [2.05, 4.69) is 6.07 Å². The van der Waals surface area contributed by atoms with E-state index in [9.17, 15) is 18.8 Å². The van der Waals surface area contributed by atoms with Gasteiger partial charge in [-0.2, -0.15) is 5.26 Å². The van der Waals surface area contributed by atoms with Crippen LogP contribution < -0.4 is 4.74 Å². The monoisotopic (exact) mass is 554 g/mol. The van der Waals surface area contributed by atoms with Gasteiger partial charge in [-0.3, -0.25) is 0 Å². The molecule has 1 amide bonds. The van der Waals surface area contributed by atoms with Crippen LogP contribution >= 0.6 is 22.6 Å². The molecule has 5 nitrogen and oxygen atoms in total. The normalized spacial score (nSPS) is 16.0. The van der Waals surface area contributed by atoms with Crippen molar-refractivity contribution in [1.82, 2.24) is 4.90 Å². The Kier molecular flexibility index (Phi) is 7.59. The lowest BCUT2D eigenvalue weighted by Gasteiger charge is -2.24. The Bertz CT molecular complexity index is 1050. The van der Waals surface area contributed by atoms with E-state index in [4.69, 9.17) is 9.47 Å². The van der Waals surface area contributed by atoms with Crippen molar-refractivity contribution in [3.63, 3.8) is 0 Å². The topological polar surface area (TPSA) is 62.6 Å². The Morgan fingerprint density at radius 1 is 1.25 bits per heavy atom. The second kappa shape index (κ2) is 10.0. The van der Waals surface area contributed by atoms with E-state index >= 15 is 0 Å². The molecule has 170 valence electrons. The van der Waals surface area contributed by atoms with Gasteiger partial charge in [-0.15, -0.1) is 0 Å². The van der Waals surface area contributed by atoms with Crippen molar-refractivity contribution >= 4 is 28.7 Å². The molecule has 32 heavy (non-hydrogen) atoms. The fourth-order valence-corrected chi connectivity index (χ4v) is 4.01. The van der Waals surface area contributed by atoms with Crippen LogP contribution in [0.4, 0.5) is 13.6 Å². The van der Waals surface area contributed by atoms with Gasteiger partial charge in [0.05, 0.1) is 12.2 Å². The number of halogens is 3. The number of likely N-dealkylation sites (tertiary alicyclic amines) is 1. The van der Waals surface area contributed by atoms with Gasteiger partial charge in [-0.25, -0.2) is 13.6 Å². The summed E-state index contributed by atoms with van der Waals surface area (Å²) < 4.78 is 40.5. The van der Waals surface area contributed by atoms with E-state index in [-0.39, 0.29) is 36.4 Å². The summed E-state index contributed by atoms with van der Waals surface area (Å²) in [4.78, 5) is 13.9. The second-order valence-electron chi connectivity index (χ2n) is 8.85. The maximum absolute atomic E-state index is 14.3. The molecule has 0 aliphatic carbocycles. The molecule has 1 heterocycles. The molecule has 1 aliphatic rings. The van der Waals surface area contributed by atoms with Crippen molar-refractivity contribution in [2.24, 2.45) is 5.92 Å². The highest BCUT2D eigenvalue weighted by molar-refractivity contribution is 14.1. The molecule has 0 aromatic heterocycles. The zero-order valence-electron chi connectivity index (χ0n) is 18.3. The molecule has 0 bridgehead atoms. The van der Waals surface area contributed by atoms with Crippen molar-refractivity contribution in [3.05, 3.63) is 62.2 Å². The number of nitriles is 1. The van der Waals surface area contributed by atoms with Crippen molar-refractivity contribution in [2.45, 2.75) is 39.2 Å². The Hall–Kier alpha value is -2.41. The fourth-order valence-electron chi connectivity index (χ4n) is 3.55. The van der Waals surface area contributed by atoms with E-state index in [1.54, 1.807) is 17.0 Å². The third-order valence-corrected chi connectivity index (χ3v) is 5.74.